The number of rotatable bonds is 4. The molecule has 0 amide bonds. The van der Waals surface area contributed by atoms with E-state index in [1.165, 1.54) is 37.7 Å². The van der Waals surface area contributed by atoms with Crippen LogP contribution in [0.15, 0.2) is 16.8 Å². The second-order valence-corrected chi connectivity index (χ2v) is 7.12. The lowest BCUT2D eigenvalue weighted by Crippen LogP contribution is -2.41. The van der Waals surface area contributed by atoms with Gasteiger partial charge in [0, 0.05) is 12.1 Å². The van der Waals surface area contributed by atoms with E-state index < -0.39 is 0 Å². The van der Waals surface area contributed by atoms with Crippen molar-refractivity contribution in [1.29, 1.82) is 0 Å². The lowest BCUT2D eigenvalue weighted by Gasteiger charge is -2.36. The Hall–Kier alpha value is -0.340. The summed E-state index contributed by atoms with van der Waals surface area (Å²) in [4.78, 5) is 0. The number of hydrogen-bond acceptors (Lipinski definition) is 2. The fourth-order valence-electron chi connectivity index (χ4n) is 2.79. The minimum Gasteiger partial charge on any atom is -0.311 e. The van der Waals surface area contributed by atoms with Gasteiger partial charge in [0.25, 0.3) is 0 Å². The Morgan fingerprint density at radius 1 is 1.41 bits per heavy atom. The van der Waals surface area contributed by atoms with Gasteiger partial charge in [-0.25, -0.2) is 0 Å². The third-order valence-electron chi connectivity index (χ3n) is 3.98. The summed E-state index contributed by atoms with van der Waals surface area (Å²) in [7, 11) is 0. The molecule has 1 fully saturated rings. The van der Waals surface area contributed by atoms with E-state index in [9.17, 15) is 0 Å². The zero-order valence-electron chi connectivity index (χ0n) is 11.3. The molecule has 1 nitrogen and oxygen atoms in total. The van der Waals surface area contributed by atoms with Crippen molar-refractivity contribution in [2.75, 3.05) is 0 Å². The Kier molecular flexibility index (Phi) is 4.26. The van der Waals surface area contributed by atoms with E-state index in [0.717, 1.165) is 6.04 Å². The maximum absolute atomic E-state index is 3.80. The summed E-state index contributed by atoms with van der Waals surface area (Å²) >= 11 is 1.80. The Balaban J connectivity index is 1.74. The zero-order valence-corrected chi connectivity index (χ0v) is 12.1. The van der Waals surface area contributed by atoms with E-state index in [-0.39, 0.29) is 0 Å². The van der Waals surface area contributed by atoms with E-state index in [1.807, 2.05) is 0 Å². The SMILES string of the molecule is CC(Cc1ccsc1)NC1CCC(C)(C)CC1. The van der Waals surface area contributed by atoms with E-state index in [0.29, 0.717) is 11.5 Å². The first-order valence-electron chi connectivity index (χ1n) is 6.82. The molecule has 17 heavy (non-hydrogen) atoms. The van der Waals surface area contributed by atoms with Gasteiger partial charge in [-0.3, -0.25) is 0 Å². The van der Waals surface area contributed by atoms with Crippen LogP contribution in [-0.2, 0) is 6.42 Å². The van der Waals surface area contributed by atoms with Crippen LogP contribution in [0.1, 0.15) is 52.0 Å². The summed E-state index contributed by atoms with van der Waals surface area (Å²) in [6.45, 7) is 7.12. The zero-order chi connectivity index (χ0) is 12.3. The quantitative estimate of drug-likeness (QED) is 0.844. The molecule has 0 saturated heterocycles. The highest BCUT2D eigenvalue weighted by atomic mass is 32.1. The van der Waals surface area contributed by atoms with Crippen molar-refractivity contribution in [3.63, 3.8) is 0 Å². The maximum atomic E-state index is 3.80. The van der Waals surface area contributed by atoms with Gasteiger partial charge in [0.05, 0.1) is 0 Å². The molecule has 1 atom stereocenters. The first kappa shape index (κ1) is 13.1. The van der Waals surface area contributed by atoms with Crippen LogP contribution in [0.25, 0.3) is 0 Å². The van der Waals surface area contributed by atoms with Crippen molar-refractivity contribution in [1.82, 2.24) is 5.32 Å². The highest BCUT2D eigenvalue weighted by molar-refractivity contribution is 7.07. The summed E-state index contributed by atoms with van der Waals surface area (Å²) < 4.78 is 0. The van der Waals surface area contributed by atoms with Crippen LogP contribution in [0.2, 0.25) is 0 Å². The Morgan fingerprint density at radius 3 is 2.71 bits per heavy atom. The molecule has 0 bridgehead atoms. The maximum Gasteiger partial charge on any atom is 0.00820 e. The van der Waals surface area contributed by atoms with Gasteiger partial charge >= 0.3 is 0 Å². The lowest BCUT2D eigenvalue weighted by molar-refractivity contribution is 0.199. The van der Waals surface area contributed by atoms with E-state index in [2.05, 4.69) is 42.9 Å². The molecule has 1 aliphatic carbocycles. The molecule has 0 spiro atoms. The number of hydrogen-bond donors (Lipinski definition) is 1. The third-order valence-corrected chi connectivity index (χ3v) is 4.71. The van der Waals surface area contributed by atoms with Gasteiger partial charge < -0.3 is 5.32 Å². The highest BCUT2D eigenvalue weighted by Gasteiger charge is 2.27. The monoisotopic (exact) mass is 251 g/mol. The number of nitrogens with one attached hydrogen (secondary N) is 1. The number of thiophene rings is 1. The molecule has 1 heterocycles. The molecule has 1 aliphatic rings. The summed E-state index contributed by atoms with van der Waals surface area (Å²) in [5.41, 5.74) is 2.06. The smallest absolute Gasteiger partial charge is 0.00820 e. The molecule has 1 saturated carbocycles. The van der Waals surface area contributed by atoms with Gasteiger partial charge in [0.2, 0.25) is 0 Å². The average Bonchev–Trinajstić information content (AvgIpc) is 2.74. The van der Waals surface area contributed by atoms with Crippen LogP contribution in [0.3, 0.4) is 0 Å². The summed E-state index contributed by atoms with van der Waals surface area (Å²) in [6, 6.07) is 3.60. The minimum atomic E-state index is 0.578. The first-order chi connectivity index (χ1) is 8.05. The average molecular weight is 251 g/mol. The van der Waals surface area contributed by atoms with Crippen LogP contribution in [-0.4, -0.2) is 12.1 Å². The van der Waals surface area contributed by atoms with Crippen molar-refractivity contribution in [3.05, 3.63) is 22.4 Å². The van der Waals surface area contributed by atoms with Crippen LogP contribution in [0, 0.1) is 5.41 Å². The summed E-state index contributed by atoms with van der Waals surface area (Å²) in [5, 5.41) is 8.24. The Morgan fingerprint density at radius 2 is 2.12 bits per heavy atom. The van der Waals surface area contributed by atoms with Crippen LogP contribution in [0.5, 0.6) is 0 Å². The van der Waals surface area contributed by atoms with Crippen LogP contribution < -0.4 is 5.32 Å². The Labute approximate surface area is 110 Å². The fraction of sp³-hybridized carbons (Fsp3) is 0.733. The van der Waals surface area contributed by atoms with Crippen molar-refractivity contribution < 1.29 is 0 Å². The van der Waals surface area contributed by atoms with Crippen molar-refractivity contribution in [2.24, 2.45) is 5.41 Å². The van der Waals surface area contributed by atoms with Crippen molar-refractivity contribution in [2.45, 2.75) is 65.0 Å². The predicted molar refractivity (Wildman–Crippen MR) is 76.7 cm³/mol. The first-order valence-corrected chi connectivity index (χ1v) is 7.77. The molecule has 0 aromatic carbocycles. The van der Waals surface area contributed by atoms with Crippen molar-refractivity contribution >= 4 is 11.3 Å². The fourth-order valence-corrected chi connectivity index (χ4v) is 3.47. The summed E-state index contributed by atoms with van der Waals surface area (Å²) in [5.74, 6) is 0. The third kappa shape index (κ3) is 4.11. The van der Waals surface area contributed by atoms with Gasteiger partial charge in [-0.05, 0) is 66.8 Å². The molecular weight excluding hydrogens is 226 g/mol. The Bertz CT molecular complexity index is 319. The van der Waals surface area contributed by atoms with E-state index in [1.54, 1.807) is 11.3 Å². The highest BCUT2D eigenvalue weighted by Crippen LogP contribution is 2.35. The van der Waals surface area contributed by atoms with Crippen LogP contribution >= 0.6 is 11.3 Å². The molecule has 0 radical (unpaired) electrons. The second-order valence-electron chi connectivity index (χ2n) is 6.34. The lowest BCUT2D eigenvalue weighted by atomic mass is 9.75. The predicted octanol–water partition coefficient (Wildman–Crippen LogP) is 4.24. The standard InChI is InChI=1S/C15H25NS/c1-12(10-13-6-9-17-11-13)16-14-4-7-15(2,3)8-5-14/h6,9,11-12,14,16H,4-5,7-8,10H2,1-3H3. The molecule has 2 rings (SSSR count). The van der Waals surface area contributed by atoms with Gasteiger partial charge in [0.1, 0.15) is 0 Å². The van der Waals surface area contributed by atoms with Gasteiger partial charge in [-0.1, -0.05) is 13.8 Å². The largest absolute Gasteiger partial charge is 0.311 e. The molecule has 1 aromatic heterocycles. The topological polar surface area (TPSA) is 12.0 Å². The molecule has 96 valence electrons. The molecule has 0 aliphatic heterocycles. The van der Waals surface area contributed by atoms with E-state index in [4.69, 9.17) is 0 Å². The van der Waals surface area contributed by atoms with E-state index >= 15 is 0 Å². The normalized spacial score (nSPS) is 22.5. The molecule has 1 N–H and O–H groups in total. The van der Waals surface area contributed by atoms with Crippen molar-refractivity contribution in [3.8, 4) is 0 Å². The molecular formula is C15H25NS. The van der Waals surface area contributed by atoms with Gasteiger partial charge in [0.15, 0.2) is 0 Å². The summed E-state index contributed by atoms with van der Waals surface area (Å²) in [6.07, 6.45) is 6.61. The van der Waals surface area contributed by atoms with Crippen LogP contribution in [0.4, 0.5) is 0 Å². The second kappa shape index (κ2) is 5.53. The minimum absolute atomic E-state index is 0.578. The molecule has 1 aromatic rings. The van der Waals surface area contributed by atoms with Gasteiger partial charge in [-0.2, -0.15) is 11.3 Å². The van der Waals surface area contributed by atoms with Gasteiger partial charge in [-0.15, -0.1) is 0 Å². The molecule has 2 heteroatoms. The molecule has 1 unspecified atom stereocenters.